The number of carbonyl (C=O) groups is 2. The average molecular weight is 297 g/mol. The maximum Gasteiger partial charge on any atom is 0.262 e. The molecule has 2 aromatic carbocycles. The molecule has 110 valence electrons. The molecule has 0 saturated heterocycles. The number of anilines is 1. The topological polar surface area (TPSA) is 55.4 Å². The summed E-state index contributed by atoms with van der Waals surface area (Å²) in [4.78, 5) is 23.4. The lowest BCUT2D eigenvalue weighted by atomic mass is 10.1. The van der Waals surface area contributed by atoms with Gasteiger partial charge in [-0.05, 0) is 36.4 Å². The van der Waals surface area contributed by atoms with Crippen LogP contribution in [0, 0.1) is 5.82 Å². The molecule has 0 bridgehead atoms. The Morgan fingerprint density at radius 2 is 2.05 bits per heavy atom. The van der Waals surface area contributed by atoms with Crippen molar-refractivity contribution in [2.24, 2.45) is 0 Å². The fraction of sp³-hybridized carbons (Fsp3) is 0.0588. The number of nitrogens with one attached hydrogen (secondary N) is 1. The Kier molecular flexibility index (Phi) is 3.70. The predicted octanol–water partition coefficient (Wildman–Crippen LogP) is 3.05. The van der Waals surface area contributed by atoms with Gasteiger partial charge in [-0.3, -0.25) is 9.59 Å². The highest BCUT2D eigenvalue weighted by Gasteiger charge is 2.17. The quantitative estimate of drug-likeness (QED) is 0.700. The summed E-state index contributed by atoms with van der Waals surface area (Å²) in [6.45, 7) is -0.0342. The van der Waals surface area contributed by atoms with Crippen LogP contribution in [-0.2, 0) is 4.79 Å². The minimum atomic E-state index is -0.391. The molecule has 1 amide bonds. The van der Waals surface area contributed by atoms with Crippen molar-refractivity contribution < 1.29 is 18.7 Å². The minimum Gasteiger partial charge on any atom is -0.482 e. The summed E-state index contributed by atoms with van der Waals surface area (Å²) in [6.07, 6.45) is 2.72. The van der Waals surface area contributed by atoms with Crippen molar-refractivity contribution in [1.29, 1.82) is 0 Å². The number of benzene rings is 2. The molecular weight excluding hydrogens is 285 g/mol. The number of carbonyl (C=O) groups excluding carboxylic acids is 2. The molecule has 0 radical (unpaired) electrons. The fourth-order valence-electron chi connectivity index (χ4n) is 2.11. The molecule has 1 heterocycles. The first-order chi connectivity index (χ1) is 10.6. The number of rotatable bonds is 3. The lowest BCUT2D eigenvalue weighted by Gasteiger charge is -2.17. The van der Waals surface area contributed by atoms with Gasteiger partial charge < -0.3 is 10.1 Å². The maximum atomic E-state index is 13.5. The second-order valence-corrected chi connectivity index (χ2v) is 4.77. The normalized spacial score (nSPS) is 13.4. The van der Waals surface area contributed by atoms with E-state index >= 15 is 0 Å². The van der Waals surface area contributed by atoms with Crippen molar-refractivity contribution in [3.63, 3.8) is 0 Å². The van der Waals surface area contributed by atoms with E-state index in [2.05, 4.69) is 5.32 Å². The molecule has 1 N–H and O–H groups in total. The molecule has 0 saturated carbocycles. The third kappa shape index (κ3) is 2.88. The van der Waals surface area contributed by atoms with E-state index in [4.69, 9.17) is 4.74 Å². The summed E-state index contributed by atoms with van der Waals surface area (Å²) in [7, 11) is 0. The molecular formula is C17H12FNO3. The highest BCUT2D eigenvalue weighted by Crippen LogP contribution is 2.28. The van der Waals surface area contributed by atoms with Gasteiger partial charge in [-0.15, -0.1) is 0 Å². The number of amides is 1. The van der Waals surface area contributed by atoms with E-state index in [9.17, 15) is 14.0 Å². The molecule has 5 heteroatoms. The molecule has 0 fully saturated rings. The van der Waals surface area contributed by atoms with Crippen LogP contribution in [0.2, 0.25) is 0 Å². The Bertz CT molecular complexity index is 783. The lowest BCUT2D eigenvalue weighted by molar-refractivity contribution is -0.118. The Morgan fingerprint density at radius 1 is 1.23 bits per heavy atom. The summed E-state index contributed by atoms with van der Waals surface area (Å²) in [5.41, 5.74) is 1.18. The Labute approximate surface area is 126 Å². The van der Waals surface area contributed by atoms with Crippen LogP contribution in [0.4, 0.5) is 10.1 Å². The highest BCUT2D eigenvalue weighted by molar-refractivity contribution is 6.08. The zero-order valence-electron chi connectivity index (χ0n) is 11.5. The van der Waals surface area contributed by atoms with E-state index in [1.165, 1.54) is 18.2 Å². The third-order valence-corrected chi connectivity index (χ3v) is 3.22. The molecule has 3 rings (SSSR count). The first-order valence-corrected chi connectivity index (χ1v) is 6.67. The van der Waals surface area contributed by atoms with Gasteiger partial charge >= 0.3 is 0 Å². The fourth-order valence-corrected chi connectivity index (χ4v) is 2.11. The number of hydrogen-bond donors (Lipinski definition) is 1. The third-order valence-electron chi connectivity index (χ3n) is 3.22. The van der Waals surface area contributed by atoms with Crippen LogP contribution in [0.1, 0.15) is 15.9 Å². The standard InChI is InChI=1S/C17H12FNO3/c18-13-4-2-1-3-11(13)5-7-15(20)12-6-8-16-14(9-12)19-17(21)10-22-16/h1-9H,10H2,(H,19,21)/b7-5+. The molecule has 1 aliphatic rings. The van der Waals surface area contributed by atoms with E-state index < -0.39 is 5.82 Å². The number of hydrogen-bond acceptors (Lipinski definition) is 3. The van der Waals surface area contributed by atoms with Gasteiger partial charge in [0.1, 0.15) is 11.6 Å². The van der Waals surface area contributed by atoms with E-state index in [1.54, 1.807) is 36.4 Å². The minimum absolute atomic E-state index is 0.0342. The van der Waals surface area contributed by atoms with Crippen LogP contribution < -0.4 is 10.1 Å². The van der Waals surface area contributed by atoms with Gasteiger partial charge in [-0.1, -0.05) is 18.2 Å². The summed E-state index contributed by atoms with van der Waals surface area (Å²) >= 11 is 0. The number of ether oxygens (including phenoxy) is 1. The molecule has 0 aromatic heterocycles. The van der Waals surface area contributed by atoms with E-state index in [0.29, 0.717) is 22.6 Å². The summed E-state index contributed by atoms with van der Waals surface area (Å²) in [6, 6.07) is 11.0. The van der Waals surface area contributed by atoms with Crippen molar-refractivity contribution in [2.45, 2.75) is 0 Å². The van der Waals surface area contributed by atoms with Crippen molar-refractivity contribution >= 4 is 23.5 Å². The zero-order valence-corrected chi connectivity index (χ0v) is 11.5. The van der Waals surface area contributed by atoms with E-state index in [0.717, 1.165) is 0 Å². The van der Waals surface area contributed by atoms with Crippen molar-refractivity contribution in [1.82, 2.24) is 0 Å². The second kappa shape index (κ2) is 5.81. The molecule has 0 atom stereocenters. The van der Waals surface area contributed by atoms with Crippen LogP contribution in [0.15, 0.2) is 48.5 Å². The monoisotopic (exact) mass is 297 g/mol. The largest absolute Gasteiger partial charge is 0.482 e. The average Bonchev–Trinajstić information content (AvgIpc) is 2.53. The second-order valence-electron chi connectivity index (χ2n) is 4.77. The predicted molar refractivity (Wildman–Crippen MR) is 80.3 cm³/mol. The van der Waals surface area contributed by atoms with Crippen LogP contribution in [0.3, 0.4) is 0 Å². The zero-order chi connectivity index (χ0) is 15.5. The SMILES string of the molecule is O=C1COc2ccc(C(=O)/C=C/c3ccccc3F)cc2N1. The number of halogens is 1. The molecule has 0 unspecified atom stereocenters. The highest BCUT2D eigenvalue weighted by atomic mass is 19.1. The van der Waals surface area contributed by atoms with Crippen LogP contribution >= 0.6 is 0 Å². The van der Waals surface area contributed by atoms with Crippen LogP contribution in [0.25, 0.3) is 6.08 Å². The van der Waals surface area contributed by atoms with Gasteiger partial charge in [0.25, 0.3) is 5.91 Å². The number of allylic oxidation sites excluding steroid dienone is 1. The Morgan fingerprint density at radius 3 is 2.86 bits per heavy atom. The van der Waals surface area contributed by atoms with Crippen LogP contribution in [0.5, 0.6) is 5.75 Å². The summed E-state index contributed by atoms with van der Waals surface area (Å²) < 4.78 is 18.7. The maximum absolute atomic E-state index is 13.5. The van der Waals surface area contributed by atoms with Gasteiger partial charge in [-0.25, -0.2) is 4.39 Å². The number of fused-ring (bicyclic) bond motifs is 1. The molecule has 0 spiro atoms. The molecule has 22 heavy (non-hydrogen) atoms. The van der Waals surface area contributed by atoms with Crippen LogP contribution in [-0.4, -0.2) is 18.3 Å². The first kappa shape index (κ1) is 14.0. The van der Waals surface area contributed by atoms with Gasteiger partial charge in [0.05, 0.1) is 5.69 Å². The molecule has 1 aliphatic heterocycles. The van der Waals surface area contributed by atoms with Crippen molar-refractivity contribution in [3.05, 3.63) is 65.5 Å². The number of ketones is 1. The van der Waals surface area contributed by atoms with Gasteiger partial charge in [-0.2, -0.15) is 0 Å². The van der Waals surface area contributed by atoms with E-state index in [1.807, 2.05) is 0 Å². The molecule has 0 aliphatic carbocycles. The lowest BCUT2D eigenvalue weighted by Crippen LogP contribution is -2.25. The van der Waals surface area contributed by atoms with E-state index in [-0.39, 0.29) is 18.3 Å². The van der Waals surface area contributed by atoms with Gasteiger partial charge in [0, 0.05) is 11.1 Å². The Balaban J connectivity index is 1.82. The molecule has 2 aromatic rings. The Hall–Kier alpha value is -2.95. The smallest absolute Gasteiger partial charge is 0.262 e. The van der Waals surface area contributed by atoms with Gasteiger partial charge in [0.2, 0.25) is 0 Å². The van der Waals surface area contributed by atoms with Crippen molar-refractivity contribution in [2.75, 3.05) is 11.9 Å². The van der Waals surface area contributed by atoms with Crippen molar-refractivity contribution in [3.8, 4) is 5.75 Å². The first-order valence-electron chi connectivity index (χ1n) is 6.67. The summed E-state index contributed by atoms with van der Waals surface area (Å²) in [5.74, 6) is -0.420. The summed E-state index contributed by atoms with van der Waals surface area (Å²) in [5, 5.41) is 2.64. The van der Waals surface area contributed by atoms with Gasteiger partial charge in [0.15, 0.2) is 12.4 Å². The molecule has 4 nitrogen and oxygen atoms in total.